The van der Waals surface area contributed by atoms with Gasteiger partial charge in [-0.25, -0.2) is 5.43 Å². The maximum atomic E-state index is 14.0. The second kappa shape index (κ2) is 16.7. The summed E-state index contributed by atoms with van der Waals surface area (Å²) in [6, 6.07) is 12.1. The van der Waals surface area contributed by atoms with Crippen molar-refractivity contribution in [2.75, 3.05) is 13.7 Å². The molecule has 2 heterocycles. The first-order valence-electron chi connectivity index (χ1n) is 16.8. The molecule has 2 aliphatic heterocycles. The minimum absolute atomic E-state index is 0.0429. The van der Waals surface area contributed by atoms with Crippen LogP contribution in [0.1, 0.15) is 70.1 Å². The molecular weight excluding hydrogens is 598 g/mol. The minimum atomic E-state index is -1.03. The zero-order valence-electron chi connectivity index (χ0n) is 28.3. The summed E-state index contributed by atoms with van der Waals surface area (Å²) >= 11 is 0. The summed E-state index contributed by atoms with van der Waals surface area (Å²) in [5.41, 5.74) is 5.89. The van der Waals surface area contributed by atoms with Gasteiger partial charge in [0, 0.05) is 26.6 Å². The van der Waals surface area contributed by atoms with Crippen LogP contribution in [0.5, 0.6) is 5.75 Å². The third kappa shape index (κ3) is 9.77. The normalized spacial score (nSPS) is 27.2. The van der Waals surface area contributed by atoms with E-state index in [1.165, 1.54) is 16.6 Å². The molecule has 1 fully saturated rings. The highest BCUT2D eigenvalue weighted by molar-refractivity contribution is 5.93. The van der Waals surface area contributed by atoms with E-state index in [9.17, 15) is 24.3 Å². The van der Waals surface area contributed by atoms with Crippen LogP contribution in [0.25, 0.3) is 0 Å². The number of hydrogen-bond donors (Lipinski definition) is 5. The molecule has 11 nitrogen and oxygen atoms in total. The Labute approximate surface area is 278 Å². The summed E-state index contributed by atoms with van der Waals surface area (Å²) in [6.07, 6.45) is 3.49. The molecule has 0 aromatic heterocycles. The third-order valence-electron chi connectivity index (χ3n) is 9.30. The van der Waals surface area contributed by atoms with Gasteiger partial charge in [-0.05, 0) is 72.8 Å². The number of methoxy groups -OCH3 is 1. The largest absolute Gasteiger partial charge is 0.508 e. The number of hydrogen-bond acceptors (Lipinski definition) is 7. The van der Waals surface area contributed by atoms with Gasteiger partial charge in [0.1, 0.15) is 23.9 Å². The van der Waals surface area contributed by atoms with Crippen molar-refractivity contribution in [3.8, 4) is 5.75 Å². The maximum Gasteiger partial charge on any atom is 0.259 e. The van der Waals surface area contributed by atoms with Gasteiger partial charge in [-0.2, -0.15) is 0 Å². The van der Waals surface area contributed by atoms with Crippen LogP contribution in [0.2, 0.25) is 0 Å². The monoisotopic (exact) mass is 649 g/mol. The van der Waals surface area contributed by atoms with Gasteiger partial charge in [0.15, 0.2) is 0 Å². The SMILES string of the molecule is COC1C(C)CCCc2cccc(c2)CNC(=O)C2CCCN(N2)C(=O)C(Cc2cccc(O)c2)NC(=O)C(C(C)C)NC(=O)C1C. The van der Waals surface area contributed by atoms with Crippen LogP contribution in [0.15, 0.2) is 48.5 Å². The van der Waals surface area contributed by atoms with Crippen LogP contribution < -0.4 is 21.4 Å². The van der Waals surface area contributed by atoms with E-state index >= 15 is 0 Å². The second-order valence-corrected chi connectivity index (χ2v) is 13.4. The molecule has 0 radical (unpaired) electrons. The van der Waals surface area contributed by atoms with Gasteiger partial charge in [-0.15, -0.1) is 0 Å². The van der Waals surface area contributed by atoms with E-state index in [1.807, 2.05) is 32.9 Å². The average Bonchev–Trinajstić information content (AvgIpc) is 3.05. The number of benzene rings is 2. The number of nitrogens with one attached hydrogen (secondary N) is 4. The lowest BCUT2D eigenvalue weighted by atomic mass is 9.87. The number of aryl methyl sites for hydroxylation is 1. The van der Waals surface area contributed by atoms with Crippen molar-refractivity contribution in [3.63, 3.8) is 0 Å². The summed E-state index contributed by atoms with van der Waals surface area (Å²) in [5.74, 6) is -2.08. The molecule has 0 saturated carbocycles. The van der Waals surface area contributed by atoms with Crippen LogP contribution in [0.4, 0.5) is 0 Å². The summed E-state index contributed by atoms with van der Waals surface area (Å²) in [7, 11) is 1.61. The number of nitrogens with zero attached hydrogens (tertiary/aromatic N) is 1. The number of ether oxygens (including phenoxy) is 1. The highest BCUT2D eigenvalue weighted by atomic mass is 16.5. The van der Waals surface area contributed by atoms with E-state index < -0.39 is 35.9 Å². The number of hydrazine groups is 1. The number of carbonyl (C=O) groups excluding carboxylic acids is 4. The molecule has 0 aliphatic carbocycles. The molecule has 11 heteroatoms. The Morgan fingerprint density at radius 1 is 0.915 bits per heavy atom. The molecule has 2 aromatic carbocycles. The van der Waals surface area contributed by atoms with Crippen molar-refractivity contribution < 1.29 is 29.0 Å². The van der Waals surface area contributed by atoms with Crippen LogP contribution in [0, 0.1) is 17.8 Å². The van der Waals surface area contributed by atoms with Gasteiger partial charge in [0.2, 0.25) is 17.7 Å². The van der Waals surface area contributed by atoms with E-state index in [0.29, 0.717) is 31.5 Å². The predicted molar refractivity (Wildman–Crippen MR) is 179 cm³/mol. The molecule has 47 heavy (non-hydrogen) atoms. The quantitative estimate of drug-likeness (QED) is 0.342. The Balaban J connectivity index is 1.64. The highest BCUT2D eigenvalue weighted by Crippen LogP contribution is 2.23. The molecule has 5 N–H and O–H groups in total. The lowest BCUT2D eigenvalue weighted by Gasteiger charge is -2.36. The maximum absolute atomic E-state index is 14.0. The summed E-state index contributed by atoms with van der Waals surface area (Å²) in [6.45, 7) is 8.29. The predicted octanol–water partition coefficient (Wildman–Crippen LogP) is 3.00. The van der Waals surface area contributed by atoms with E-state index in [2.05, 4.69) is 40.4 Å². The molecule has 2 aliphatic rings. The first kappa shape index (κ1) is 35.9. The number of phenolic OH excluding ortho intramolecular Hbond substituents is 1. The summed E-state index contributed by atoms with van der Waals surface area (Å²) in [5, 5.41) is 20.3. The van der Waals surface area contributed by atoms with Gasteiger partial charge in [-0.3, -0.25) is 24.2 Å². The van der Waals surface area contributed by atoms with Crippen LogP contribution in [-0.2, 0) is 43.3 Å². The first-order valence-corrected chi connectivity index (χ1v) is 16.8. The van der Waals surface area contributed by atoms with Gasteiger partial charge in [-0.1, -0.05) is 64.1 Å². The second-order valence-electron chi connectivity index (χ2n) is 13.4. The highest BCUT2D eigenvalue weighted by Gasteiger charge is 2.36. The fourth-order valence-corrected chi connectivity index (χ4v) is 6.60. The lowest BCUT2D eigenvalue weighted by Crippen LogP contribution is -2.63. The van der Waals surface area contributed by atoms with E-state index in [-0.39, 0.29) is 41.9 Å². The zero-order valence-corrected chi connectivity index (χ0v) is 28.3. The van der Waals surface area contributed by atoms with Crippen LogP contribution >= 0.6 is 0 Å². The smallest absolute Gasteiger partial charge is 0.259 e. The molecule has 1 saturated heterocycles. The van der Waals surface area contributed by atoms with Crippen molar-refractivity contribution in [2.45, 2.75) is 97.0 Å². The molecule has 256 valence electrons. The number of carbonyl (C=O) groups is 4. The molecule has 4 rings (SSSR count). The van der Waals surface area contributed by atoms with Crippen LogP contribution in [-0.4, -0.2) is 71.6 Å². The van der Waals surface area contributed by atoms with E-state index in [1.54, 1.807) is 25.3 Å². The lowest BCUT2D eigenvalue weighted by molar-refractivity contribution is -0.144. The van der Waals surface area contributed by atoms with Crippen molar-refractivity contribution in [3.05, 3.63) is 65.2 Å². The van der Waals surface area contributed by atoms with Crippen molar-refractivity contribution >= 4 is 23.6 Å². The molecule has 4 bridgehead atoms. The Hall–Kier alpha value is -3.96. The van der Waals surface area contributed by atoms with E-state index in [4.69, 9.17) is 4.74 Å². The fraction of sp³-hybridized carbons (Fsp3) is 0.556. The number of phenols is 1. The molecule has 2 aromatic rings. The first-order chi connectivity index (χ1) is 22.5. The summed E-state index contributed by atoms with van der Waals surface area (Å²) < 4.78 is 5.83. The van der Waals surface area contributed by atoms with Gasteiger partial charge >= 0.3 is 0 Å². The Morgan fingerprint density at radius 3 is 2.38 bits per heavy atom. The number of rotatable bonds is 4. The average molecular weight is 650 g/mol. The van der Waals surface area contributed by atoms with Gasteiger partial charge in [0.25, 0.3) is 5.91 Å². The number of fused-ring (bicyclic) bond motifs is 4. The standard InChI is InChI=1S/C36H51N5O6/c1-22(2)31-35(45)38-30(20-26-13-8-15-28(42)19-26)36(46)41-17-9-16-29(40-41)34(44)37-21-27-14-7-12-25(18-27)11-6-10-23(3)32(47-5)24(4)33(43)39-31/h7-8,12-15,18-19,22-24,29-32,40,42H,6,9-11,16-17,20-21H2,1-5H3,(H,37,44)(H,38,45)(H,39,43). The molecule has 6 unspecified atom stereocenters. The molecule has 4 amide bonds. The number of aromatic hydroxyl groups is 1. The zero-order chi connectivity index (χ0) is 34.1. The minimum Gasteiger partial charge on any atom is -0.508 e. The van der Waals surface area contributed by atoms with E-state index in [0.717, 1.165) is 24.8 Å². The van der Waals surface area contributed by atoms with Crippen molar-refractivity contribution in [1.82, 2.24) is 26.4 Å². The Bertz CT molecular complexity index is 1400. The fourth-order valence-electron chi connectivity index (χ4n) is 6.60. The van der Waals surface area contributed by atoms with Gasteiger partial charge in [0.05, 0.1) is 12.0 Å². The number of amides is 4. The molecule has 6 atom stereocenters. The van der Waals surface area contributed by atoms with Crippen LogP contribution in [0.3, 0.4) is 0 Å². The van der Waals surface area contributed by atoms with Gasteiger partial charge < -0.3 is 25.8 Å². The van der Waals surface area contributed by atoms with Crippen molar-refractivity contribution in [1.29, 1.82) is 0 Å². The molecule has 0 spiro atoms. The van der Waals surface area contributed by atoms with Crippen molar-refractivity contribution in [2.24, 2.45) is 17.8 Å². The topological polar surface area (TPSA) is 149 Å². The Kier molecular flexibility index (Phi) is 12.8. The Morgan fingerprint density at radius 2 is 1.66 bits per heavy atom. The summed E-state index contributed by atoms with van der Waals surface area (Å²) in [4.78, 5) is 54.7. The third-order valence-corrected chi connectivity index (χ3v) is 9.30. The molecular formula is C36H51N5O6.